The Morgan fingerprint density at radius 3 is 3.05 bits per heavy atom. The molecular weight excluding hydrogens is 264 g/mol. The predicted octanol–water partition coefficient (Wildman–Crippen LogP) is 3.39. The van der Waals surface area contributed by atoms with Crippen LogP contribution < -0.4 is 10.1 Å². The van der Waals surface area contributed by atoms with Crippen LogP contribution in [-0.4, -0.2) is 11.7 Å². The molecule has 1 unspecified atom stereocenters. The molecule has 4 heteroatoms. The number of rotatable bonds is 4. The number of aryl methyl sites for hydroxylation is 1. The van der Waals surface area contributed by atoms with Gasteiger partial charge in [0.1, 0.15) is 17.6 Å². The summed E-state index contributed by atoms with van der Waals surface area (Å²) in [5.41, 5.74) is 3.40. The van der Waals surface area contributed by atoms with Gasteiger partial charge in [0, 0.05) is 11.8 Å². The number of anilines is 1. The monoisotopic (exact) mass is 280 g/mol. The van der Waals surface area contributed by atoms with Gasteiger partial charge in [0.05, 0.1) is 6.04 Å². The molecule has 0 fully saturated rings. The summed E-state index contributed by atoms with van der Waals surface area (Å²) in [5.74, 6) is 1.01. The van der Waals surface area contributed by atoms with E-state index in [9.17, 15) is 5.11 Å². The molecule has 0 radical (unpaired) electrons. The second-order valence-corrected chi connectivity index (χ2v) is 5.09. The summed E-state index contributed by atoms with van der Waals surface area (Å²) in [5, 5.41) is 21.6. The maximum atomic E-state index is 9.53. The van der Waals surface area contributed by atoms with E-state index in [1.807, 2.05) is 42.5 Å². The molecule has 2 aromatic carbocycles. The third-order valence-electron chi connectivity index (χ3n) is 3.68. The Morgan fingerprint density at radius 1 is 1.29 bits per heavy atom. The van der Waals surface area contributed by atoms with E-state index in [1.165, 1.54) is 11.1 Å². The number of hydrogen-bond acceptors (Lipinski definition) is 4. The van der Waals surface area contributed by atoms with E-state index in [-0.39, 0.29) is 12.6 Å². The average Bonchev–Trinajstić information content (AvgIpc) is 2.87. The SMILES string of the molecule is N#CCOc1cccc(NC2CCc3cc(O)ccc32)c1. The van der Waals surface area contributed by atoms with E-state index in [1.54, 1.807) is 6.07 Å². The zero-order valence-electron chi connectivity index (χ0n) is 11.5. The summed E-state index contributed by atoms with van der Waals surface area (Å²) in [4.78, 5) is 0. The molecule has 1 aliphatic carbocycles. The first-order chi connectivity index (χ1) is 10.3. The van der Waals surface area contributed by atoms with Crippen molar-refractivity contribution in [1.82, 2.24) is 0 Å². The van der Waals surface area contributed by atoms with Gasteiger partial charge < -0.3 is 15.2 Å². The zero-order valence-corrected chi connectivity index (χ0v) is 11.5. The van der Waals surface area contributed by atoms with Gasteiger partial charge in [-0.1, -0.05) is 12.1 Å². The molecule has 0 spiro atoms. The molecule has 0 amide bonds. The van der Waals surface area contributed by atoms with Crippen molar-refractivity contribution in [3.63, 3.8) is 0 Å². The van der Waals surface area contributed by atoms with E-state index in [0.717, 1.165) is 18.5 Å². The minimum atomic E-state index is 0.0506. The number of benzene rings is 2. The summed E-state index contributed by atoms with van der Waals surface area (Å²) in [6, 6.07) is 15.4. The quantitative estimate of drug-likeness (QED) is 0.901. The highest BCUT2D eigenvalue weighted by molar-refractivity contribution is 5.52. The largest absolute Gasteiger partial charge is 0.508 e. The van der Waals surface area contributed by atoms with Crippen molar-refractivity contribution in [1.29, 1.82) is 5.26 Å². The van der Waals surface area contributed by atoms with Crippen molar-refractivity contribution in [2.75, 3.05) is 11.9 Å². The summed E-state index contributed by atoms with van der Waals surface area (Å²) in [6.45, 7) is 0.0506. The lowest BCUT2D eigenvalue weighted by molar-refractivity contribution is 0.368. The van der Waals surface area contributed by atoms with Crippen molar-refractivity contribution >= 4 is 5.69 Å². The van der Waals surface area contributed by atoms with Gasteiger partial charge in [0.2, 0.25) is 0 Å². The minimum Gasteiger partial charge on any atom is -0.508 e. The molecule has 1 atom stereocenters. The number of aromatic hydroxyl groups is 1. The highest BCUT2D eigenvalue weighted by Crippen LogP contribution is 2.36. The van der Waals surface area contributed by atoms with Crippen LogP contribution in [0.2, 0.25) is 0 Å². The highest BCUT2D eigenvalue weighted by atomic mass is 16.5. The number of hydrogen-bond donors (Lipinski definition) is 2. The first-order valence-electron chi connectivity index (χ1n) is 6.94. The van der Waals surface area contributed by atoms with Gasteiger partial charge in [-0.3, -0.25) is 0 Å². The Bertz CT molecular complexity index is 691. The van der Waals surface area contributed by atoms with Crippen LogP contribution in [0.15, 0.2) is 42.5 Å². The fourth-order valence-electron chi connectivity index (χ4n) is 2.75. The van der Waals surface area contributed by atoms with Crippen LogP contribution in [0.4, 0.5) is 5.69 Å². The van der Waals surface area contributed by atoms with E-state index in [2.05, 4.69) is 5.32 Å². The van der Waals surface area contributed by atoms with Crippen molar-refractivity contribution in [2.24, 2.45) is 0 Å². The normalized spacial score (nSPS) is 16.0. The van der Waals surface area contributed by atoms with Crippen LogP contribution in [-0.2, 0) is 6.42 Å². The minimum absolute atomic E-state index is 0.0506. The molecule has 21 heavy (non-hydrogen) atoms. The van der Waals surface area contributed by atoms with E-state index >= 15 is 0 Å². The Hall–Kier alpha value is -2.67. The molecule has 4 nitrogen and oxygen atoms in total. The van der Waals surface area contributed by atoms with Gasteiger partial charge in [-0.25, -0.2) is 0 Å². The third-order valence-corrected chi connectivity index (χ3v) is 3.68. The fraction of sp³-hybridized carbons (Fsp3) is 0.235. The molecule has 0 heterocycles. The standard InChI is InChI=1S/C17H16N2O2/c18-8-9-21-15-3-1-2-13(11-15)19-17-7-4-12-10-14(20)5-6-16(12)17/h1-3,5-6,10-11,17,19-20H,4,7,9H2. The Morgan fingerprint density at radius 2 is 2.19 bits per heavy atom. The predicted molar refractivity (Wildman–Crippen MR) is 80.3 cm³/mol. The zero-order chi connectivity index (χ0) is 14.7. The summed E-state index contributed by atoms with van der Waals surface area (Å²) < 4.78 is 5.31. The molecule has 2 aromatic rings. The molecular formula is C17H16N2O2. The Labute approximate surface area is 123 Å². The van der Waals surface area contributed by atoms with Crippen LogP contribution in [0, 0.1) is 11.3 Å². The van der Waals surface area contributed by atoms with Crippen LogP contribution in [0.25, 0.3) is 0 Å². The van der Waals surface area contributed by atoms with Crippen LogP contribution in [0.3, 0.4) is 0 Å². The average molecular weight is 280 g/mol. The van der Waals surface area contributed by atoms with Crippen LogP contribution >= 0.6 is 0 Å². The van der Waals surface area contributed by atoms with Gasteiger partial charge in [-0.15, -0.1) is 0 Å². The van der Waals surface area contributed by atoms with E-state index in [0.29, 0.717) is 11.5 Å². The second kappa shape index (κ2) is 5.76. The summed E-state index contributed by atoms with van der Waals surface area (Å²) in [6.07, 6.45) is 1.97. The van der Waals surface area contributed by atoms with Crippen molar-refractivity contribution < 1.29 is 9.84 Å². The number of phenolic OH excluding ortho intramolecular Hbond substituents is 1. The first-order valence-corrected chi connectivity index (χ1v) is 6.94. The van der Waals surface area contributed by atoms with Gasteiger partial charge in [0.15, 0.2) is 6.61 Å². The lowest BCUT2D eigenvalue weighted by Gasteiger charge is -2.16. The van der Waals surface area contributed by atoms with Gasteiger partial charge >= 0.3 is 0 Å². The lowest BCUT2D eigenvalue weighted by atomic mass is 10.1. The molecule has 106 valence electrons. The van der Waals surface area contributed by atoms with E-state index < -0.39 is 0 Å². The van der Waals surface area contributed by atoms with Crippen LogP contribution in [0.1, 0.15) is 23.6 Å². The molecule has 0 saturated heterocycles. The summed E-state index contributed by atoms with van der Waals surface area (Å²) >= 11 is 0. The summed E-state index contributed by atoms with van der Waals surface area (Å²) in [7, 11) is 0. The smallest absolute Gasteiger partial charge is 0.174 e. The maximum Gasteiger partial charge on any atom is 0.174 e. The van der Waals surface area contributed by atoms with E-state index in [4.69, 9.17) is 10.00 Å². The molecule has 2 N–H and O–H groups in total. The van der Waals surface area contributed by atoms with Crippen LogP contribution in [0.5, 0.6) is 11.5 Å². The van der Waals surface area contributed by atoms with Crippen molar-refractivity contribution in [3.05, 3.63) is 53.6 Å². The number of phenols is 1. The molecule has 1 aliphatic rings. The number of nitrogens with zero attached hydrogens (tertiary/aromatic N) is 1. The second-order valence-electron chi connectivity index (χ2n) is 5.09. The number of ether oxygens (including phenoxy) is 1. The third kappa shape index (κ3) is 2.92. The molecule has 0 aromatic heterocycles. The molecule has 0 bridgehead atoms. The molecule has 0 aliphatic heterocycles. The molecule has 3 rings (SSSR count). The first kappa shape index (κ1) is 13.3. The van der Waals surface area contributed by atoms with Gasteiger partial charge in [-0.2, -0.15) is 5.26 Å². The van der Waals surface area contributed by atoms with Crippen molar-refractivity contribution in [2.45, 2.75) is 18.9 Å². The van der Waals surface area contributed by atoms with Gasteiger partial charge in [0.25, 0.3) is 0 Å². The topological polar surface area (TPSA) is 65.3 Å². The lowest BCUT2D eigenvalue weighted by Crippen LogP contribution is -2.07. The number of fused-ring (bicyclic) bond motifs is 1. The maximum absolute atomic E-state index is 9.53. The van der Waals surface area contributed by atoms with Gasteiger partial charge in [-0.05, 0) is 48.2 Å². The Kier molecular flexibility index (Phi) is 3.65. The highest BCUT2D eigenvalue weighted by Gasteiger charge is 2.22. The Balaban J connectivity index is 1.75. The van der Waals surface area contributed by atoms with Crippen molar-refractivity contribution in [3.8, 4) is 17.6 Å². The number of nitriles is 1. The molecule has 0 saturated carbocycles. The number of nitrogens with one attached hydrogen (secondary N) is 1. The fourth-order valence-corrected chi connectivity index (χ4v) is 2.75.